The highest BCUT2D eigenvalue weighted by atomic mass is 127. The van der Waals surface area contributed by atoms with Gasteiger partial charge in [-0.15, -0.1) is 0 Å². The second-order valence-electron chi connectivity index (χ2n) is 6.72. The number of rotatable bonds is 3. The SMILES string of the molecule is Cc1c(I)c([C@H](O)C(=O)O)c(C)c2c1CN(C1CCOCC1)C(=O)C2. The fourth-order valence-corrected chi connectivity index (χ4v) is 4.88. The number of ether oxygens (including phenoxy) is 1. The lowest BCUT2D eigenvalue weighted by molar-refractivity contribution is -0.147. The lowest BCUT2D eigenvalue weighted by Gasteiger charge is -2.39. The summed E-state index contributed by atoms with van der Waals surface area (Å²) in [6.07, 6.45) is 0.396. The van der Waals surface area contributed by atoms with E-state index in [1.807, 2.05) is 11.8 Å². The first-order valence-electron chi connectivity index (χ1n) is 8.41. The Balaban J connectivity index is 2.03. The summed E-state index contributed by atoms with van der Waals surface area (Å²) in [5, 5.41) is 19.3. The Morgan fingerprint density at radius 3 is 2.48 bits per heavy atom. The summed E-state index contributed by atoms with van der Waals surface area (Å²) in [7, 11) is 0. The number of aliphatic carboxylic acids is 1. The van der Waals surface area contributed by atoms with E-state index < -0.39 is 12.1 Å². The van der Waals surface area contributed by atoms with Gasteiger partial charge in [-0.3, -0.25) is 4.79 Å². The van der Waals surface area contributed by atoms with E-state index in [4.69, 9.17) is 4.74 Å². The maximum atomic E-state index is 12.7. The zero-order valence-corrected chi connectivity index (χ0v) is 16.5. The van der Waals surface area contributed by atoms with Crippen LogP contribution in [-0.4, -0.2) is 46.2 Å². The van der Waals surface area contributed by atoms with Crippen molar-refractivity contribution in [3.8, 4) is 0 Å². The molecule has 0 bridgehead atoms. The summed E-state index contributed by atoms with van der Waals surface area (Å²) < 4.78 is 6.17. The number of amides is 1. The fraction of sp³-hybridized carbons (Fsp3) is 0.556. The predicted octanol–water partition coefficient (Wildman–Crippen LogP) is 2.09. The van der Waals surface area contributed by atoms with Crippen molar-refractivity contribution in [1.82, 2.24) is 4.90 Å². The van der Waals surface area contributed by atoms with Gasteiger partial charge in [0.05, 0.1) is 6.42 Å². The lowest BCUT2D eigenvalue weighted by Crippen LogP contribution is -2.46. The molecule has 25 heavy (non-hydrogen) atoms. The van der Waals surface area contributed by atoms with Gasteiger partial charge in [0.15, 0.2) is 6.10 Å². The van der Waals surface area contributed by atoms with Crippen molar-refractivity contribution in [3.63, 3.8) is 0 Å². The van der Waals surface area contributed by atoms with Crippen LogP contribution in [0.5, 0.6) is 0 Å². The van der Waals surface area contributed by atoms with Gasteiger partial charge >= 0.3 is 5.97 Å². The van der Waals surface area contributed by atoms with Crippen LogP contribution in [0.15, 0.2) is 0 Å². The number of halogens is 1. The van der Waals surface area contributed by atoms with Gasteiger partial charge in [-0.25, -0.2) is 4.79 Å². The number of nitrogens with zero attached hydrogens (tertiary/aromatic N) is 1. The Bertz CT molecular complexity index is 727. The van der Waals surface area contributed by atoms with Gasteiger partial charge in [-0.2, -0.15) is 0 Å². The number of carboxylic acids is 1. The van der Waals surface area contributed by atoms with Crippen LogP contribution in [0.4, 0.5) is 0 Å². The molecule has 0 radical (unpaired) electrons. The first-order chi connectivity index (χ1) is 11.8. The van der Waals surface area contributed by atoms with Crippen molar-refractivity contribution in [2.45, 2.75) is 51.8 Å². The summed E-state index contributed by atoms with van der Waals surface area (Å²) in [5.74, 6) is -1.20. The Kier molecular flexibility index (Phi) is 5.36. The maximum absolute atomic E-state index is 12.7. The Morgan fingerprint density at radius 1 is 1.24 bits per heavy atom. The zero-order chi connectivity index (χ0) is 18.3. The third kappa shape index (κ3) is 3.29. The monoisotopic (exact) mass is 459 g/mol. The van der Waals surface area contributed by atoms with Gasteiger partial charge in [0, 0.05) is 34.9 Å². The molecule has 3 rings (SSSR count). The molecule has 1 aromatic carbocycles. The van der Waals surface area contributed by atoms with Gasteiger partial charge < -0.3 is 19.8 Å². The van der Waals surface area contributed by atoms with Crippen molar-refractivity contribution in [2.75, 3.05) is 13.2 Å². The Morgan fingerprint density at radius 2 is 1.88 bits per heavy atom. The van der Waals surface area contributed by atoms with Gasteiger partial charge in [-0.1, -0.05) is 0 Å². The van der Waals surface area contributed by atoms with E-state index in [-0.39, 0.29) is 18.4 Å². The molecular formula is C18H22INO5. The van der Waals surface area contributed by atoms with E-state index in [9.17, 15) is 19.8 Å². The van der Waals surface area contributed by atoms with Crippen LogP contribution < -0.4 is 0 Å². The molecular weight excluding hydrogens is 437 g/mol. The van der Waals surface area contributed by atoms with Crippen molar-refractivity contribution >= 4 is 34.5 Å². The molecule has 0 aromatic heterocycles. The first kappa shape index (κ1) is 18.6. The minimum atomic E-state index is -1.57. The van der Waals surface area contributed by atoms with Gasteiger partial charge in [-0.05, 0) is 71.5 Å². The molecule has 1 aromatic rings. The number of aliphatic hydroxyl groups is 1. The molecule has 2 N–H and O–H groups in total. The van der Waals surface area contributed by atoms with E-state index in [2.05, 4.69) is 22.6 Å². The first-order valence-corrected chi connectivity index (χ1v) is 9.49. The van der Waals surface area contributed by atoms with Crippen molar-refractivity contribution in [2.24, 2.45) is 0 Å². The minimum absolute atomic E-state index is 0.0684. The number of aliphatic hydroxyl groups excluding tert-OH is 1. The molecule has 1 saturated heterocycles. The van der Waals surface area contributed by atoms with Crippen LogP contribution >= 0.6 is 22.6 Å². The second kappa shape index (κ2) is 7.20. The van der Waals surface area contributed by atoms with Crippen molar-refractivity contribution in [1.29, 1.82) is 0 Å². The van der Waals surface area contributed by atoms with Crippen LogP contribution in [0.2, 0.25) is 0 Å². The molecule has 1 atom stereocenters. The molecule has 0 spiro atoms. The highest BCUT2D eigenvalue weighted by Gasteiger charge is 2.34. The standard InChI is InChI=1S/C18H22INO5/c1-9-12-7-14(21)20(11-3-5-25-6-4-11)8-13(12)10(2)16(19)15(9)17(22)18(23)24/h11,17,22H,3-8H2,1-2H3,(H,23,24)/t17-/m0/s1. The molecule has 1 amide bonds. The van der Waals surface area contributed by atoms with E-state index in [1.165, 1.54) is 0 Å². The molecule has 0 saturated carbocycles. The molecule has 2 aliphatic rings. The van der Waals surface area contributed by atoms with Crippen LogP contribution in [0.1, 0.15) is 46.8 Å². The quantitative estimate of drug-likeness (QED) is 0.677. The number of hydrogen-bond donors (Lipinski definition) is 2. The maximum Gasteiger partial charge on any atom is 0.337 e. The number of fused-ring (bicyclic) bond motifs is 1. The Hall–Kier alpha value is -1.19. The normalized spacial score (nSPS) is 19.7. The van der Waals surface area contributed by atoms with Crippen molar-refractivity contribution < 1.29 is 24.5 Å². The summed E-state index contributed by atoms with van der Waals surface area (Å²) in [4.78, 5) is 25.9. The molecule has 0 unspecified atom stereocenters. The zero-order valence-electron chi connectivity index (χ0n) is 14.3. The van der Waals surface area contributed by atoms with Gasteiger partial charge in [0.25, 0.3) is 0 Å². The number of carbonyl (C=O) groups is 2. The third-order valence-electron chi connectivity index (χ3n) is 5.36. The average molecular weight is 459 g/mol. The largest absolute Gasteiger partial charge is 0.479 e. The van der Waals surface area contributed by atoms with Crippen LogP contribution in [0.3, 0.4) is 0 Å². The van der Waals surface area contributed by atoms with Gasteiger partial charge in [0.2, 0.25) is 5.91 Å². The van der Waals surface area contributed by atoms with Crippen LogP contribution in [0, 0.1) is 17.4 Å². The predicted molar refractivity (Wildman–Crippen MR) is 99.3 cm³/mol. The summed E-state index contributed by atoms with van der Waals surface area (Å²) in [6, 6.07) is 0.205. The highest BCUT2D eigenvalue weighted by Crippen LogP contribution is 2.37. The molecule has 0 aliphatic carbocycles. The van der Waals surface area contributed by atoms with E-state index in [0.717, 1.165) is 38.7 Å². The lowest BCUT2D eigenvalue weighted by atomic mass is 9.85. The molecule has 2 aliphatic heterocycles. The van der Waals surface area contributed by atoms with Gasteiger partial charge in [0.1, 0.15) is 0 Å². The minimum Gasteiger partial charge on any atom is -0.479 e. The highest BCUT2D eigenvalue weighted by molar-refractivity contribution is 14.1. The summed E-state index contributed by atoms with van der Waals surface area (Å²) >= 11 is 2.11. The molecule has 6 nitrogen and oxygen atoms in total. The second-order valence-corrected chi connectivity index (χ2v) is 7.80. The van der Waals surface area contributed by atoms with E-state index in [0.29, 0.717) is 25.3 Å². The number of hydrogen-bond acceptors (Lipinski definition) is 4. The Labute approximate surface area is 160 Å². The molecule has 136 valence electrons. The van der Waals surface area contributed by atoms with Crippen LogP contribution in [0.25, 0.3) is 0 Å². The number of carboxylic acid groups (broad SMARTS) is 1. The number of carbonyl (C=O) groups excluding carboxylic acids is 1. The summed E-state index contributed by atoms with van der Waals surface area (Å²) in [6.45, 7) is 5.65. The summed E-state index contributed by atoms with van der Waals surface area (Å²) in [5.41, 5.74) is 4.06. The van der Waals surface area contributed by atoms with Crippen molar-refractivity contribution in [3.05, 3.63) is 31.4 Å². The van der Waals surface area contributed by atoms with Crippen LogP contribution in [-0.2, 0) is 27.3 Å². The molecule has 1 fully saturated rings. The third-order valence-corrected chi connectivity index (χ3v) is 6.75. The smallest absolute Gasteiger partial charge is 0.337 e. The molecule has 2 heterocycles. The fourth-order valence-electron chi connectivity index (χ4n) is 3.86. The van der Waals surface area contributed by atoms with E-state index in [1.54, 1.807) is 6.92 Å². The molecule has 7 heteroatoms. The topological polar surface area (TPSA) is 87.1 Å². The number of benzene rings is 1. The van der Waals surface area contributed by atoms with E-state index >= 15 is 0 Å². The average Bonchev–Trinajstić information content (AvgIpc) is 2.60.